The van der Waals surface area contributed by atoms with Crippen LogP contribution in [0, 0.1) is 0 Å². The molecule has 1 aliphatic heterocycles. The number of carbonyl (C=O) groups is 2. The minimum absolute atomic E-state index is 0.249. The first kappa shape index (κ1) is 12.4. The van der Waals surface area contributed by atoms with E-state index < -0.39 is 12.0 Å². The normalized spacial score (nSPS) is 18.9. The predicted octanol–water partition coefficient (Wildman–Crippen LogP) is 0.510. The van der Waals surface area contributed by atoms with Gasteiger partial charge in [-0.25, -0.2) is 9.59 Å². The lowest BCUT2D eigenvalue weighted by Gasteiger charge is -2.27. The summed E-state index contributed by atoms with van der Waals surface area (Å²) in [6.07, 6.45) is 4.62. The van der Waals surface area contributed by atoms with E-state index in [0.717, 1.165) is 12.0 Å². The number of carboxylic acid groups (broad SMARTS) is 1. The molecule has 7 nitrogen and oxygen atoms in total. The van der Waals surface area contributed by atoms with Gasteiger partial charge in [0, 0.05) is 25.4 Å². The maximum absolute atomic E-state index is 12.1. The second-order valence-corrected chi connectivity index (χ2v) is 4.43. The zero-order valence-electron chi connectivity index (χ0n) is 10.2. The van der Waals surface area contributed by atoms with E-state index in [9.17, 15) is 9.59 Å². The molecule has 1 aromatic heterocycles. The van der Waals surface area contributed by atoms with Crippen molar-refractivity contribution in [1.82, 2.24) is 20.0 Å². The van der Waals surface area contributed by atoms with Crippen LogP contribution in [0.15, 0.2) is 12.4 Å². The Morgan fingerprint density at radius 3 is 3.06 bits per heavy atom. The van der Waals surface area contributed by atoms with Crippen LogP contribution in [0.5, 0.6) is 0 Å². The first-order valence-electron chi connectivity index (χ1n) is 5.82. The molecule has 0 aliphatic carbocycles. The molecule has 7 heteroatoms. The van der Waals surface area contributed by atoms with Crippen molar-refractivity contribution < 1.29 is 14.7 Å². The number of nitrogens with zero attached hydrogens (tertiary/aromatic N) is 3. The first-order valence-corrected chi connectivity index (χ1v) is 5.82. The number of urea groups is 1. The molecule has 1 aromatic rings. The lowest BCUT2D eigenvalue weighted by molar-refractivity contribution is -0.141. The Balaban J connectivity index is 1.99. The largest absolute Gasteiger partial charge is 0.480 e. The van der Waals surface area contributed by atoms with Crippen LogP contribution in [0.25, 0.3) is 0 Å². The number of rotatable bonds is 3. The Morgan fingerprint density at radius 1 is 1.67 bits per heavy atom. The summed E-state index contributed by atoms with van der Waals surface area (Å²) in [6.45, 7) is 0.920. The van der Waals surface area contributed by atoms with Crippen LogP contribution in [0.4, 0.5) is 4.79 Å². The van der Waals surface area contributed by atoms with Crippen molar-refractivity contribution in [1.29, 1.82) is 0 Å². The van der Waals surface area contributed by atoms with Crippen LogP contribution in [0.3, 0.4) is 0 Å². The molecule has 0 aromatic carbocycles. The molecule has 0 spiro atoms. The highest BCUT2D eigenvalue weighted by atomic mass is 16.4. The molecule has 1 saturated heterocycles. The fourth-order valence-electron chi connectivity index (χ4n) is 2.18. The summed E-state index contributed by atoms with van der Waals surface area (Å²) in [7, 11) is 1.66. The Hall–Kier alpha value is -2.05. The van der Waals surface area contributed by atoms with Crippen molar-refractivity contribution in [3.63, 3.8) is 0 Å². The quantitative estimate of drug-likeness (QED) is 0.820. The molecule has 0 saturated carbocycles. The first-order chi connectivity index (χ1) is 8.59. The Morgan fingerprint density at radius 2 is 2.44 bits per heavy atom. The topological polar surface area (TPSA) is 89.5 Å². The number of aromatic nitrogens is 2. The average Bonchev–Trinajstić information content (AvgIpc) is 2.97. The van der Waals surface area contributed by atoms with Crippen LogP contribution in [-0.4, -0.2) is 56.7 Å². The molecule has 18 heavy (non-hydrogen) atoms. The number of aromatic amines is 1. The fourth-order valence-corrected chi connectivity index (χ4v) is 2.18. The van der Waals surface area contributed by atoms with Gasteiger partial charge in [0.2, 0.25) is 0 Å². The van der Waals surface area contributed by atoms with Gasteiger partial charge >= 0.3 is 12.0 Å². The molecule has 1 aliphatic rings. The number of hydrogen-bond acceptors (Lipinski definition) is 3. The number of likely N-dealkylation sites (tertiary alicyclic amines) is 1. The highest BCUT2D eigenvalue weighted by Crippen LogP contribution is 2.19. The number of carbonyl (C=O) groups excluding carboxylic acids is 1. The highest BCUT2D eigenvalue weighted by molar-refractivity contribution is 5.83. The van der Waals surface area contributed by atoms with Crippen molar-refractivity contribution in [2.75, 3.05) is 13.6 Å². The van der Waals surface area contributed by atoms with Gasteiger partial charge in [-0.1, -0.05) is 0 Å². The zero-order valence-corrected chi connectivity index (χ0v) is 10.2. The van der Waals surface area contributed by atoms with Crippen molar-refractivity contribution in [2.45, 2.75) is 25.4 Å². The van der Waals surface area contributed by atoms with E-state index in [4.69, 9.17) is 5.11 Å². The SMILES string of the molecule is CN(Cc1cn[nH]c1)C(=O)N1CCC[C@H]1C(=O)O. The van der Waals surface area contributed by atoms with Crippen LogP contribution >= 0.6 is 0 Å². The molecule has 0 bridgehead atoms. The minimum atomic E-state index is -0.933. The van der Waals surface area contributed by atoms with Gasteiger partial charge in [-0.2, -0.15) is 5.10 Å². The number of aliphatic carboxylic acids is 1. The molecule has 98 valence electrons. The molecule has 1 fully saturated rings. The van der Waals surface area contributed by atoms with Crippen molar-refractivity contribution in [2.24, 2.45) is 0 Å². The number of carboxylic acids is 1. The fraction of sp³-hybridized carbons (Fsp3) is 0.545. The van der Waals surface area contributed by atoms with Crippen LogP contribution in [-0.2, 0) is 11.3 Å². The summed E-state index contributed by atoms with van der Waals surface area (Å²) < 4.78 is 0. The molecule has 2 rings (SSSR count). The molecular formula is C11H16N4O3. The number of nitrogens with one attached hydrogen (secondary N) is 1. The van der Waals surface area contributed by atoms with Crippen molar-refractivity contribution in [3.8, 4) is 0 Å². The molecule has 2 heterocycles. The summed E-state index contributed by atoms with van der Waals surface area (Å²) in [5.74, 6) is -0.933. The van der Waals surface area contributed by atoms with Gasteiger partial charge in [-0.3, -0.25) is 5.10 Å². The van der Waals surface area contributed by atoms with Gasteiger partial charge in [0.25, 0.3) is 0 Å². The number of H-pyrrole nitrogens is 1. The van der Waals surface area contributed by atoms with E-state index in [1.165, 1.54) is 9.80 Å². The van der Waals surface area contributed by atoms with Gasteiger partial charge in [-0.05, 0) is 12.8 Å². The van der Waals surface area contributed by atoms with Gasteiger partial charge in [0.1, 0.15) is 6.04 Å². The summed E-state index contributed by atoms with van der Waals surface area (Å²) in [6, 6.07) is -0.939. The Bertz CT molecular complexity index is 432. The molecular weight excluding hydrogens is 236 g/mol. The van der Waals surface area contributed by atoms with E-state index in [1.54, 1.807) is 19.4 Å². The molecule has 0 unspecified atom stereocenters. The summed E-state index contributed by atoms with van der Waals surface area (Å²) in [5.41, 5.74) is 0.886. The number of hydrogen-bond donors (Lipinski definition) is 2. The summed E-state index contributed by atoms with van der Waals surface area (Å²) in [5, 5.41) is 15.5. The molecule has 2 amide bonds. The van der Waals surface area contributed by atoms with Crippen LogP contribution in [0.1, 0.15) is 18.4 Å². The molecule has 1 atom stereocenters. The predicted molar refractivity (Wildman–Crippen MR) is 62.8 cm³/mol. The third-order valence-electron chi connectivity index (χ3n) is 3.08. The Labute approximate surface area is 104 Å². The highest BCUT2D eigenvalue weighted by Gasteiger charge is 2.35. The molecule has 0 radical (unpaired) electrons. The van der Waals surface area contributed by atoms with E-state index in [1.807, 2.05) is 0 Å². The van der Waals surface area contributed by atoms with Crippen LogP contribution < -0.4 is 0 Å². The van der Waals surface area contributed by atoms with E-state index in [0.29, 0.717) is 19.5 Å². The second-order valence-electron chi connectivity index (χ2n) is 4.43. The van der Waals surface area contributed by atoms with E-state index in [-0.39, 0.29) is 6.03 Å². The van der Waals surface area contributed by atoms with Gasteiger partial charge < -0.3 is 14.9 Å². The lowest BCUT2D eigenvalue weighted by atomic mass is 10.2. The third-order valence-corrected chi connectivity index (χ3v) is 3.08. The number of amides is 2. The minimum Gasteiger partial charge on any atom is -0.480 e. The van der Waals surface area contributed by atoms with Gasteiger partial charge in [-0.15, -0.1) is 0 Å². The van der Waals surface area contributed by atoms with E-state index >= 15 is 0 Å². The van der Waals surface area contributed by atoms with Gasteiger partial charge in [0.05, 0.1) is 12.7 Å². The molecule has 2 N–H and O–H groups in total. The van der Waals surface area contributed by atoms with Crippen molar-refractivity contribution in [3.05, 3.63) is 18.0 Å². The smallest absolute Gasteiger partial charge is 0.326 e. The summed E-state index contributed by atoms with van der Waals surface area (Å²) in [4.78, 5) is 26.1. The average molecular weight is 252 g/mol. The van der Waals surface area contributed by atoms with Gasteiger partial charge in [0.15, 0.2) is 0 Å². The third kappa shape index (κ3) is 2.44. The Kier molecular flexibility index (Phi) is 3.50. The lowest BCUT2D eigenvalue weighted by Crippen LogP contribution is -2.46. The van der Waals surface area contributed by atoms with E-state index in [2.05, 4.69) is 10.2 Å². The van der Waals surface area contributed by atoms with Crippen LogP contribution in [0.2, 0.25) is 0 Å². The maximum Gasteiger partial charge on any atom is 0.326 e. The second kappa shape index (κ2) is 5.07. The zero-order chi connectivity index (χ0) is 13.1. The maximum atomic E-state index is 12.1. The monoisotopic (exact) mass is 252 g/mol. The van der Waals surface area contributed by atoms with Crippen molar-refractivity contribution >= 4 is 12.0 Å². The standard InChI is InChI=1S/C11H16N4O3/c1-14(7-8-5-12-13-6-8)11(18)15-4-2-3-9(15)10(16)17/h5-6,9H,2-4,7H2,1H3,(H,12,13)(H,16,17)/t9-/m0/s1. The summed E-state index contributed by atoms with van der Waals surface area (Å²) >= 11 is 0.